The summed E-state index contributed by atoms with van der Waals surface area (Å²) in [5, 5.41) is 8.80. The fraction of sp³-hybridized carbons (Fsp3) is 0.176. The molecule has 1 saturated heterocycles. The van der Waals surface area contributed by atoms with Crippen molar-refractivity contribution in [3.05, 3.63) is 54.1 Å². The number of rotatable bonds is 4. The molecule has 0 bridgehead atoms. The van der Waals surface area contributed by atoms with Gasteiger partial charge < -0.3 is 4.90 Å². The van der Waals surface area contributed by atoms with E-state index >= 15 is 0 Å². The van der Waals surface area contributed by atoms with Crippen LogP contribution in [0, 0.1) is 11.3 Å². The van der Waals surface area contributed by atoms with Gasteiger partial charge in [0.2, 0.25) is 5.91 Å². The maximum atomic E-state index is 12.6. The molecule has 1 N–H and O–H groups in total. The van der Waals surface area contributed by atoms with E-state index in [2.05, 4.69) is 4.72 Å². The highest BCUT2D eigenvalue weighted by atomic mass is 32.2. The van der Waals surface area contributed by atoms with Gasteiger partial charge in [-0.05, 0) is 42.8 Å². The number of carbonyl (C=O) groups is 1. The molecule has 0 aromatic heterocycles. The van der Waals surface area contributed by atoms with E-state index in [1.807, 2.05) is 6.07 Å². The minimum absolute atomic E-state index is 0.0139. The lowest BCUT2D eigenvalue weighted by molar-refractivity contribution is -0.117. The maximum absolute atomic E-state index is 12.6. The molecule has 24 heavy (non-hydrogen) atoms. The number of nitrogens with one attached hydrogen (secondary N) is 1. The Balaban J connectivity index is 1.93. The van der Waals surface area contributed by atoms with Crippen LogP contribution >= 0.6 is 0 Å². The van der Waals surface area contributed by atoms with Gasteiger partial charge in [0.25, 0.3) is 10.0 Å². The number of hydrogen-bond donors (Lipinski definition) is 1. The Labute approximate surface area is 140 Å². The molecule has 1 aliphatic heterocycles. The third-order valence-electron chi connectivity index (χ3n) is 3.81. The van der Waals surface area contributed by atoms with Gasteiger partial charge in [0, 0.05) is 13.0 Å². The van der Waals surface area contributed by atoms with Gasteiger partial charge in [-0.2, -0.15) is 5.26 Å². The summed E-state index contributed by atoms with van der Waals surface area (Å²) in [6, 6.07) is 14.4. The quantitative estimate of drug-likeness (QED) is 0.925. The molecule has 0 aliphatic carbocycles. The largest absolute Gasteiger partial charge is 0.310 e. The van der Waals surface area contributed by atoms with Gasteiger partial charge in [-0.1, -0.05) is 12.1 Å². The molecule has 6 nitrogen and oxygen atoms in total. The van der Waals surface area contributed by atoms with Crippen LogP contribution in [0.15, 0.2) is 53.4 Å². The summed E-state index contributed by atoms with van der Waals surface area (Å²) in [6.45, 7) is 0.578. The summed E-state index contributed by atoms with van der Waals surface area (Å²) in [7, 11) is -3.81. The van der Waals surface area contributed by atoms with Crippen LogP contribution in [0.5, 0.6) is 0 Å². The van der Waals surface area contributed by atoms with E-state index in [1.165, 1.54) is 24.3 Å². The van der Waals surface area contributed by atoms with E-state index in [9.17, 15) is 13.2 Å². The molecule has 0 saturated carbocycles. The Morgan fingerprint density at radius 1 is 1.08 bits per heavy atom. The lowest BCUT2D eigenvalue weighted by Crippen LogP contribution is -2.25. The van der Waals surface area contributed by atoms with Crippen LogP contribution in [0.2, 0.25) is 0 Å². The van der Waals surface area contributed by atoms with E-state index < -0.39 is 10.0 Å². The van der Waals surface area contributed by atoms with E-state index in [-0.39, 0.29) is 10.8 Å². The van der Waals surface area contributed by atoms with E-state index in [0.717, 1.165) is 6.42 Å². The van der Waals surface area contributed by atoms with Gasteiger partial charge in [0.05, 0.1) is 27.9 Å². The second-order valence-corrected chi connectivity index (χ2v) is 7.09. The lowest BCUT2D eigenvalue weighted by Gasteiger charge is -2.20. The number of nitrogens with zero attached hydrogens (tertiary/aromatic N) is 2. The first kappa shape index (κ1) is 16.0. The molecular weight excluding hydrogens is 326 g/mol. The van der Waals surface area contributed by atoms with Gasteiger partial charge in [0.15, 0.2) is 0 Å². The molecule has 2 aromatic carbocycles. The Kier molecular flexibility index (Phi) is 4.23. The smallest absolute Gasteiger partial charge is 0.261 e. The zero-order valence-electron chi connectivity index (χ0n) is 12.8. The lowest BCUT2D eigenvalue weighted by atomic mass is 10.2. The van der Waals surface area contributed by atoms with Gasteiger partial charge in [-0.3, -0.25) is 9.52 Å². The molecule has 0 radical (unpaired) electrons. The highest BCUT2D eigenvalue weighted by Gasteiger charge is 2.25. The number of para-hydroxylation sites is 2. The van der Waals surface area contributed by atoms with Gasteiger partial charge in [-0.25, -0.2) is 8.42 Å². The van der Waals surface area contributed by atoms with Crippen molar-refractivity contribution in [1.82, 2.24) is 0 Å². The summed E-state index contributed by atoms with van der Waals surface area (Å²) in [6.07, 6.45) is 1.23. The Bertz CT molecular complexity index is 915. The number of nitriles is 1. The topological polar surface area (TPSA) is 90.3 Å². The zero-order chi connectivity index (χ0) is 17.2. The predicted octanol–water partition coefficient (Wildman–Crippen LogP) is 2.49. The molecule has 0 unspecified atom stereocenters. The first-order chi connectivity index (χ1) is 11.5. The van der Waals surface area contributed by atoms with Crippen LogP contribution in [0.4, 0.5) is 11.4 Å². The van der Waals surface area contributed by atoms with Crippen molar-refractivity contribution in [2.45, 2.75) is 17.7 Å². The fourth-order valence-corrected chi connectivity index (χ4v) is 3.68. The van der Waals surface area contributed by atoms with Crippen LogP contribution in [-0.4, -0.2) is 20.9 Å². The summed E-state index contributed by atoms with van der Waals surface area (Å²) < 4.78 is 27.6. The second kappa shape index (κ2) is 6.34. The third-order valence-corrected chi connectivity index (χ3v) is 5.19. The van der Waals surface area contributed by atoms with Gasteiger partial charge >= 0.3 is 0 Å². The minimum Gasteiger partial charge on any atom is -0.310 e. The van der Waals surface area contributed by atoms with Gasteiger partial charge in [-0.15, -0.1) is 0 Å². The maximum Gasteiger partial charge on any atom is 0.261 e. The summed E-state index contributed by atoms with van der Waals surface area (Å²) in [5.74, 6) is -0.0139. The summed E-state index contributed by atoms with van der Waals surface area (Å²) in [5.41, 5.74) is 1.30. The van der Waals surface area contributed by atoms with Crippen molar-refractivity contribution in [3.8, 4) is 6.07 Å². The normalized spacial score (nSPS) is 14.5. The Morgan fingerprint density at radius 3 is 2.42 bits per heavy atom. The van der Waals surface area contributed by atoms with Crippen LogP contribution < -0.4 is 9.62 Å². The number of hydrogen-bond acceptors (Lipinski definition) is 4. The summed E-state index contributed by atoms with van der Waals surface area (Å²) in [4.78, 5) is 13.6. The van der Waals surface area contributed by atoms with Gasteiger partial charge in [0.1, 0.15) is 0 Å². The first-order valence-corrected chi connectivity index (χ1v) is 8.92. The van der Waals surface area contributed by atoms with Crippen molar-refractivity contribution >= 4 is 27.3 Å². The molecule has 0 spiro atoms. The van der Waals surface area contributed by atoms with E-state index in [1.54, 1.807) is 29.2 Å². The molecular formula is C17H15N3O3S. The van der Waals surface area contributed by atoms with Crippen molar-refractivity contribution in [2.75, 3.05) is 16.2 Å². The number of anilines is 2. The van der Waals surface area contributed by atoms with Crippen LogP contribution in [0.3, 0.4) is 0 Å². The van der Waals surface area contributed by atoms with Crippen LogP contribution in [-0.2, 0) is 14.8 Å². The third kappa shape index (κ3) is 3.09. The molecule has 1 aliphatic rings. The molecule has 1 fully saturated rings. The van der Waals surface area contributed by atoms with Crippen molar-refractivity contribution in [1.29, 1.82) is 5.26 Å². The molecule has 7 heteroatoms. The molecule has 122 valence electrons. The van der Waals surface area contributed by atoms with Crippen LogP contribution in [0.25, 0.3) is 0 Å². The fourth-order valence-electron chi connectivity index (χ4n) is 2.61. The van der Waals surface area contributed by atoms with Crippen molar-refractivity contribution in [3.63, 3.8) is 0 Å². The Morgan fingerprint density at radius 2 is 1.79 bits per heavy atom. The van der Waals surface area contributed by atoms with Crippen molar-refractivity contribution in [2.24, 2.45) is 0 Å². The molecule has 1 amide bonds. The molecule has 3 rings (SSSR count). The predicted molar refractivity (Wildman–Crippen MR) is 90.0 cm³/mol. The number of carbonyl (C=O) groups excluding carboxylic acids is 1. The zero-order valence-corrected chi connectivity index (χ0v) is 13.6. The molecule has 2 aromatic rings. The minimum atomic E-state index is -3.81. The average Bonchev–Trinajstić information content (AvgIpc) is 3.01. The number of amides is 1. The monoisotopic (exact) mass is 341 g/mol. The molecule has 1 heterocycles. The Hall–Kier alpha value is -2.85. The van der Waals surface area contributed by atoms with E-state index in [4.69, 9.17) is 5.26 Å². The van der Waals surface area contributed by atoms with Crippen molar-refractivity contribution < 1.29 is 13.2 Å². The number of benzene rings is 2. The standard InChI is InChI=1S/C17H15N3O3S/c18-12-13-7-9-14(10-8-13)24(22,23)19-15-4-1-2-5-16(15)20-11-3-6-17(20)21/h1-2,4-5,7-10,19H,3,6,11H2. The van der Waals surface area contributed by atoms with E-state index in [0.29, 0.717) is 29.9 Å². The average molecular weight is 341 g/mol. The second-order valence-electron chi connectivity index (χ2n) is 5.41. The first-order valence-electron chi connectivity index (χ1n) is 7.44. The number of sulfonamides is 1. The SMILES string of the molecule is N#Cc1ccc(S(=O)(=O)Nc2ccccc2N2CCCC2=O)cc1. The highest BCUT2D eigenvalue weighted by molar-refractivity contribution is 7.92. The van der Waals surface area contributed by atoms with Crippen LogP contribution in [0.1, 0.15) is 18.4 Å². The highest BCUT2D eigenvalue weighted by Crippen LogP contribution is 2.31. The summed E-state index contributed by atoms with van der Waals surface area (Å²) >= 11 is 0. The molecule has 0 atom stereocenters.